The summed E-state index contributed by atoms with van der Waals surface area (Å²) in [5, 5.41) is 9.44. The molecule has 3 rings (SSSR count). The van der Waals surface area contributed by atoms with Crippen molar-refractivity contribution < 1.29 is 14.6 Å². The Labute approximate surface area is 111 Å². The van der Waals surface area contributed by atoms with Crippen LogP contribution in [0.3, 0.4) is 0 Å². The Hall–Kier alpha value is -1.62. The monoisotopic (exact) mass is 262 g/mol. The van der Waals surface area contributed by atoms with Crippen LogP contribution in [0.4, 0.5) is 5.69 Å². The van der Waals surface area contributed by atoms with Gasteiger partial charge in [-0.05, 0) is 24.8 Å². The molecule has 0 atom stereocenters. The average Bonchev–Trinajstić information content (AvgIpc) is 2.91. The first-order valence-electron chi connectivity index (χ1n) is 6.80. The van der Waals surface area contributed by atoms with Gasteiger partial charge in [0.1, 0.15) is 0 Å². The van der Waals surface area contributed by atoms with Crippen molar-refractivity contribution in [2.75, 3.05) is 12.3 Å². The highest BCUT2D eigenvalue weighted by molar-refractivity contribution is 5.96. The summed E-state index contributed by atoms with van der Waals surface area (Å²) in [6, 6.07) is 0. The smallest absolute Gasteiger partial charge is 0.338 e. The van der Waals surface area contributed by atoms with E-state index in [0.29, 0.717) is 31.2 Å². The number of rotatable bonds is 2. The Bertz CT molecular complexity index is 522. The van der Waals surface area contributed by atoms with Crippen LogP contribution in [-0.4, -0.2) is 22.7 Å². The summed E-state index contributed by atoms with van der Waals surface area (Å²) >= 11 is 0. The Morgan fingerprint density at radius 1 is 1.37 bits per heavy atom. The van der Waals surface area contributed by atoms with Gasteiger partial charge in [0, 0.05) is 5.92 Å². The number of fused-ring (bicyclic) bond motifs is 1. The van der Waals surface area contributed by atoms with Gasteiger partial charge in [0.25, 0.3) is 0 Å². The van der Waals surface area contributed by atoms with E-state index >= 15 is 0 Å². The number of ether oxygens (including phenoxy) is 1. The molecule has 19 heavy (non-hydrogen) atoms. The number of nitrogens with zero attached hydrogens (tertiary/aromatic N) is 1. The van der Waals surface area contributed by atoms with Crippen LogP contribution in [0.1, 0.15) is 58.9 Å². The third-order valence-electron chi connectivity index (χ3n) is 4.14. The fourth-order valence-electron chi connectivity index (χ4n) is 3.19. The second kappa shape index (κ2) is 4.81. The van der Waals surface area contributed by atoms with Crippen LogP contribution in [0.2, 0.25) is 0 Å². The first kappa shape index (κ1) is 12.4. The fraction of sp³-hybridized carbons (Fsp3) is 0.571. The van der Waals surface area contributed by atoms with Crippen LogP contribution in [0.5, 0.6) is 0 Å². The lowest BCUT2D eigenvalue weighted by molar-refractivity contribution is 0.0690. The number of aromatic nitrogens is 1. The van der Waals surface area contributed by atoms with Gasteiger partial charge >= 0.3 is 5.97 Å². The highest BCUT2D eigenvalue weighted by Gasteiger charge is 2.29. The number of carboxylic acid groups (broad SMARTS) is 1. The highest BCUT2D eigenvalue weighted by atomic mass is 16.5. The number of anilines is 1. The summed E-state index contributed by atoms with van der Waals surface area (Å²) < 4.78 is 5.39. The van der Waals surface area contributed by atoms with Crippen LogP contribution in [0.15, 0.2) is 0 Å². The van der Waals surface area contributed by atoms with E-state index in [1.54, 1.807) is 0 Å². The van der Waals surface area contributed by atoms with Gasteiger partial charge in [-0.2, -0.15) is 0 Å². The summed E-state index contributed by atoms with van der Waals surface area (Å²) in [5.41, 5.74) is 9.04. The molecule has 0 spiro atoms. The van der Waals surface area contributed by atoms with Gasteiger partial charge in [0.15, 0.2) is 0 Å². The molecular formula is C14H18N2O3. The molecule has 1 aliphatic carbocycles. The van der Waals surface area contributed by atoms with Crippen molar-refractivity contribution >= 4 is 11.7 Å². The van der Waals surface area contributed by atoms with E-state index in [4.69, 9.17) is 10.5 Å². The Morgan fingerprint density at radius 2 is 2.11 bits per heavy atom. The van der Waals surface area contributed by atoms with Gasteiger partial charge in [-0.3, -0.25) is 4.98 Å². The van der Waals surface area contributed by atoms with E-state index in [-0.39, 0.29) is 5.56 Å². The number of hydrogen-bond acceptors (Lipinski definition) is 4. The molecule has 1 aromatic rings. The summed E-state index contributed by atoms with van der Waals surface area (Å²) in [7, 11) is 0. The van der Waals surface area contributed by atoms with Crippen LogP contribution >= 0.6 is 0 Å². The molecule has 1 fully saturated rings. The highest BCUT2D eigenvalue weighted by Crippen LogP contribution is 2.38. The predicted molar refractivity (Wildman–Crippen MR) is 70.2 cm³/mol. The van der Waals surface area contributed by atoms with Crippen molar-refractivity contribution in [2.45, 2.75) is 44.6 Å². The van der Waals surface area contributed by atoms with Gasteiger partial charge in [0.05, 0.1) is 35.9 Å². The predicted octanol–water partition coefficient (Wildman–Crippen LogP) is 2.09. The number of carbonyl (C=O) groups is 1. The Balaban J connectivity index is 2.15. The molecule has 1 saturated carbocycles. The molecule has 3 N–H and O–H groups in total. The lowest BCUT2D eigenvalue weighted by atomic mass is 9.93. The lowest BCUT2D eigenvalue weighted by Crippen LogP contribution is -2.21. The van der Waals surface area contributed by atoms with Gasteiger partial charge in [0.2, 0.25) is 0 Å². The summed E-state index contributed by atoms with van der Waals surface area (Å²) in [6.07, 6.45) is 5.02. The molecule has 0 aromatic carbocycles. The Kier molecular flexibility index (Phi) is 3.14. The number of pyridine rings is 1. The molecule has 0 bridgehead atoms. The minimum atomic E-state index is -0.947. The minimum Gasteiger partial charge on any atom is -0.478 e. The fourth-order valence-corrected chi connectivity index (χ4v) is 3.19. The molecule has 0 radical (unpaired) electrons. The third-order valence-corrected chi connectivity index (χ3v) is 4.14. The summed E-state index contributed by atoms with van der Waals surface area (Å²) in [6.45, 7) is 0.937. The van der Waals surface area contributed by atoms with E-state index in [2.05, 4.69) is 4.98 Å². The lowest BCUT2D eigenvalue weighted by Gasteiger charge is -2.22. The van der Waals surface area contributed by atoms with E-state index in [9.17, 15) is 9.90 Å². The number of nitrogen functional groups attached to an aromatic ring is 1. The van der Waals surface area contributed by atoms with Gasteiger partial charge in [-0.15, -0.1) is 0 Å². The van der Waals surface area contributed by atoms with Crippen molar-refractivity contribution in [3.05, 3.63) is 22.5 Å². The number of carboxylic acids is 1. The van der Waals surface area contributed by atoms with E-state index < -0.39 is 5.97 Å². The van der Waals surface area contributed by atoms with Gasteiger partial charge in [-0.1, -0.05) is 12.8 Å². The maximum absolute atomic E-state index is 11.5. The topological polar surface area (TPSA) is 85.4 Å². The molecule has 1 aromatic heterocycles. The molecule has 5 nitrogen and oxygen atoms in total. The zero-order chi connectivity index (χ0) is 13.4. The average molecular weight is 262 g/mol. The number of nitrogens with two attached hydrogens (primary N) is 1. The molecule has 1 aliphatic heterocycles. The van der Waals surface area contributed by atoms with Crippen LogP contribution in [0, 0.1) is 0 Å². The Morgan fingerprint density at radius 3 is 2.79 bits per heavy atom. The summed E-state index contributed by atoms with van der Waals surface area (Å²) in [4.78, 5) is 16.1. The number of hydrogen-bond donors (Lipinski definition) is 2. The van der Waals surface area contributed by atoms with Crippen molar-refractivity contribution in [1.82, 2.24) is 4.98 Å². The molecular weight excluding hydrogens is 244 g/mol. The first-order chi connectivity index (χ1) is 9.18. The number of aromatic carboxylic acids is 1. The van der Waals surface area contributed by atoms with E-state index in [1.165, 1.54) is 12.8 Å². The quantitative estimate of drug-likeness (QED) is 0.852. The van der Waals surface area contributed by atoms with Crippen molar-refractivity contribution in [2.24, 2.45) is 0 Å². The first-order valence-corrected chi connectivity index (χ1v) is 6.80. The molecule has 0 unspecified atom stereocenters. The van der Waals surface area contributed by atoms with Gasteiger partial charge < -0.3 is 15.6 Å². The van der Waals surface area contributed by atoms with Crippen molar-refractivity contribution in [1.29, 1.82) is 0 Å². The molecule has 2 heterocycles. The minimum absolute atomic E-state index is 0.259. The standard InChI is InChI=1S/C14H18N2O3/c15-12-11(14(17)18)9-5-6-19-7-10(9)16-13(12)8-3-1-2-4-8/h8H,1-7,15H2,(H,17,18). The maximum atomic E-state index is 11.5. The molecule has 102 valence electrons. The summed E-state index contributed by atoms with van der Waals surface area (Å²) in [5.74, 6) is -0.636. The van der Waals surface area contributed by atoms with Crippen molar-refractivity contribution in [3.63, 3.8) is 0 Å². The van der Waals surface area contributed by atoms with Gasteiger partial charge in [-0.25, -0.2) is 4.79 Å². The largest absolute Gasteiger partial charge is 0.478 e. The molecule has 5 heteroatoms. The van der Waals surface area contributed by atoms with Crippen LogP contribution < -0.4 is 5.73 Å². The van der Waals surface area contributed by atoms with Crippen molar-refractivity contribution in [3.8, 4) is 0 Å². The molecule has 0 saturated heterocycles. The zero-order valence-corrected chi connectivity index (χ0v) is 10.8. The maximum Gasteiger partial charge on any atom is 0.338 e. The van der Waals surface area contributed by atoms with E-state index in [0.717, 1.165) is 29.8 Å². The van der Waals surface area contributed by atoms with Crippen LogP contribution in [0.25, 0.3) is 0 Å². The SMILES string of the molecule is Nc1c(C2CCCC2)nc2c(c1C(=O)O)CCOC2. The zero-order valence-electron chi connectivity index (χ0n) is 10.8. The molecule has 2 aliphatic rings. The van der Waals surface area contributed by atoms with Crippen LogP contribution in [-0.2, 0) is 17.8 Å². The second-order valence-corrected chi connectivity index (χ2v) is 5.30. The van der Waals surface area contributed by atoms with E-state index in [1.807, 2.05) is 0 Å². The molecule has 0 amide bonds. The third kappa shape index (κ3) is 2.08. The normalized spacial score (nSPS) is 19.4. The second-order valence-electron chi connectivity index (χ2n) is 5.30.